The van der Waals surface area contributed by atoms with Crippen LogP contribution < -0.4 is 5.32 Å². The summed E-state index contributed by atoms with van der Waals surface area (Å²) in [7, 11) is -0.685. The highest BCUT2D eigenvalue weighted by Gasteiger charge is 2.21. The lowest BCUT2D eigenvalue weighted by atomic mass is 9.78. The molecule has 1 aliphatic heterocycles. The number of carbonyl (C=O) groups excluding carboxylic acids is 1. The Morgan fingerprint density at radius 2 is 2.19 bits per heavy atom. The third-order valence-electron chi connectivity index (χ3n) is 5.99. The Morgan fingerprint density at radius 3 is 2.84 bits per heavy atom. The van der Waals surface area contributed by atoms with Crippen molar-refractivity contribution >= 4 is 16.7 Å². The molecule has 8 heteroatoms. The second-order valence-electron chi connectivity index (χ2n) is 9.21. The summed E-state index contributed by atoms with van der Waals surface area (Å²) in [6.07, 6.45) is 14.5. The minimum Gasteiger partial charge on any atom is -0.346 e. The quantitative estimate of drug-likeness (QED) is 0.463. The smallest absolute Gasteiger partial charge is 0.287 e. The van der Waals surface area contributed by atoms with Crippen molar-refractivity contribution in [2.45, 2.75) is 39.5 Å². The first-order valence-corrected chi connectivity index (χ1v) is 12.7. The van der Waals surface area contributed by atoms with Crippen molar-refractivity contribution in [3.8, 4) is 6.07 Å². The van der Waals surface area contributed by atoms with Crippen molar-refractivity contribution < 1.29 is 9.00 Å². The number of carbonyl (C=O) groups is 1. The van der Waals surface area contributed by atoms with Gasteiger partial charge in [0.05, 0.1) is 6.20 Å². The highest BCUT2D eigenvalue weighted by Crippen LogP contribution is 2.35. The first kappa shape index (κ1) is 24.1. The van der Waals surface area contributed by atoms with Crippen molar-refractivity contribution in [1.29, 1.82) is 5.26 Å². The number of hydrogen-bond acceptors (Lipinski definition) is 5. The van der Waals surface area contributed by atoms with Crippen LogP contribution in [0.15, 0.2) is 41.6 Å². The Labute approximate surface area is 193 Å². The number of nitriles is 1. The van der Waals surface area contributed by atoms with Gasteiger partial charge >= 0.3 is 0 Å². The molecule has 172 valence electrons. The minimum absolute atomic E-state index is 0.138. The zero-order chi connectivity index (χ0) is 23.0. The number of H-pyrrole nitrogens is 1. The SMILES string of the molecule is CC1(C)CC=C(C/C=C(\C=C/CNC(=O)c2ncc(C#N)[nH]2)CN2CCS(=O)CC2)CC1. The number of allylic oxidation sites excluding steroid dienone is 3. The summed E-state index contributed by atoms with van der Waals surface area (Å²) >= 11 is 0. The van der Waals surface area contributed by atoms with E-state index in [1.165, 1.54) is 23.8 Å². The topological polar surface area (TPSA) is 102 Å². The van der Waals surface area contributed by atoms with Crippen LogP contribution in [-0.4, -0.2) is 62.7 Å². The normalized spacial score (nSPS) is 20.2. The Balaban J connectivity index is 1.58. The maximum absolute atomic E-state index is 12.1. The van der Waals surface area contributed by atoms with Gasteiger partial charge in [-0.3, -0.25) is 13.9 Å². The van der Waals surface area contributed by atoms with E-state index in [9.17, 15) is 9.00 Å². The summed E-state index contributed by atoms with van der Waals surface area (Å²) in [6, 6.07) is 1.92. The molecule has 0 unspecified atom stereocenters. The first-order valence-electron chi connectivity index (χ1n) is 11.2. The Morgan fingerprint density at radius 1 is 1.41 bits per heavy atom. The molecular weight excluding hydrogens is 422 g/mol. The minimum atomic E-state index is -0.685. The number of aromatic amines is 1. The largest absolute Gasteiger partial charge is 0.346 e. The van der Waals surface area contributed by atoms with E-state index in [0.29, 0.717) is 12.0 Å². The Bertz CT molecular complexity index is 957. The molecule has 0 spiro atoms. The molecule has 3 rings (SSSR count). The van der Waals surface area contributed by atoms with Gasteiger partial charge in [-0.1, -0.05) is 43.7 Å². The number of amides is 1. The molecule has 0 aromatic carbocycles. The average molecular weight is 456 g/mol. The van der Waals surface area contributed by atoms with Crippen LogP contribution in [0, 0.1) is 16.7 Å². The molecule has 1 fully saturated rings. The highest BCUT2D eigenvalue weighted by atomic mass is 32.2. The van der Waals surface area contributed by atoms with Crippen molar-refractivity contribution in [3.63, 3.8) is 0 Å². The summed E-state index contributed by atoms with van der Waals surface area (Å²) in [5, 5.41) is 11.6. The molecular formula is C24H33N5O2S. The van der Waals surface area contributed by atoms with Crippen LogP contribution in [0.3, 0.4) is 0 Å². The third-order valence-corrected chi connectivity index (χ3v) is 7.27. The number of hydrogen-bond donors (Lipinski definition) is 2. The Kier molecular flexibility index (Phi) is 8.60. The fraction of sp³-hybridized carbons (Fsp3) is 0.542. The zero-order valence-corrected chi connectivity index (χ0v) is 19.8. The van der Waals surface area contributed by atoms with Gasteiger partial charge in [0.25, 0.3) is 5.91 Å². The molecule has 2 heterocycles. The lowest BCUT2D eigenvalue weighted by molar-refractivity contribution is 0.0948. The summed E-state index contributed by atoms with van der Waals surface area (Å²) in [5.74, 6) is 1.27. The predicted octanol–water partition coefficient (Wildman–Crippen LogP) is 3.08. The fourth-order valence-corrected chi connectivity index (χ4v) is 4.92. The van der Waals surface area contributed by atoms with Crippen LogP contribution in [0.4, 0.5) is 0 Å². The summed E-state index contributed by atoms with van der Waals surface area (Å²) in [5.41, 5.74) is 3.37. The van der Waals surface area contributed by atoms with Gasteiger partial charge < -0.3 is 10.3 Å². The van der Waals surface area contributed by atoms with E-state index >= 15 is 0 Å². The zero-order valence-electron chi connectivity index (χ0n) is 19.0. The van der Waals surface area contributed by atoms with Crippen LogP contribution >= 0.6 is 0 Å². The molecule has 2 N–H and O–H groups in total. The molecule has 0 radical (unpaired) electrons. The predicted molar refractivity (Wildman–Crippen MR) is 128 cm³/mol. The van der Waals surface area contributed by atoms with E-state index < -0.39 is 10.8 Å². The van der Waals surface area contributed by atoms with Crippen molar-refractivity contribution in [1.82, 2.24) is 20.2 Å². The van der Waals surface area contributed by atoms with E-state index in [0.717, 1.165) is 50.4 Å². The van der Waals surface area contributed by atoms with Gasteiger partial charge in [0.2, 0.25) is 0 Å². The van der Waals surface area contributed by atoms with Crippen LogP contribution in [-0.2, 0) is 10.8 Å². The maximum Gasteiger partial charge on any atom is 0.287 e. The molecule has 1 saturated heterocycles. The van der Waals surface area contributed by atoms with E-state index in [4.69, 9.17) is 5.26 Å². The van der Waals surface area contributed by atoms with Gasteiger partial charge in [0.1, 0.15) is 11.8 Å². The van der Waals surface area contributed by atoms with Crippen LogP contribution in [0.1, 0.15) is 55.8 Å². The summed E-state index contributed by atoms with van der Waals surface area (Å²) < 4.78 is 11.7. The van der Waals surface area contributed by atoms with Gasteiger partial charge in [0.15, 0.2) is 5.82 Å². The molecule has 2 aliphatic rings. The molecule has 0 bridgehead atoms. The number of nitrogens with one attached hydrogen (secondary N) is 2. The second-order valence-corrected chi connectivity index (χ2v) is 10.9. The van der Waals surface area contributed by atoms with Crippen LogP contribution in [0.5, 0.6) is 0 Å². The molecule has 1 aliphatic carbocycles. The summed E-state index contributed by atoms with van der Waals surface area (Å²) in [4.78, 5) is 21.1. The molecule has 0 atom stereocenters. The molecule has 0 saturated carbocycles. The first-order chi connectivity index (χ1) is 15.3. The molecule has 7 nitrogen and oxygen atoms in total. The third kappa shape index (κ3) is 7.57. The lowest BCUT2D eigenvalue weighted by Gasteiger charge is -2.28. The number of aromatic nitrogens is 2. The monoisotopic (exact) mass is 455 g/mol. The van der Waals surface area contributed by atoms with E-state index in [2.05, 4.69) is 52.3 Å². The molecule has 32 heavy (non-hydrogen) atoms. The van der Waals surface area contributed by atoms with Gasteiger partial charge in [-0.25, -0.2) is 4.98 Å². The fourth-order valence-electron chi connectivity index (χ4n) is 3.79. The highest BCUT2D eigenvalue weighted by molar-refractivity contribution is 7.85. The van der Waals surface area contributed by atoms with Gasteiger partial charge in [-0.05, 0) is 36.7 Å². The second kappa shape index (κ2) is 11.4. The Hall–Kier alpha value is -2.50. The number of nitrogens with zero attached hydrogens (tertiary/aromatic N) is 3. The molecule has 1 aromatic rings. The van der Waals surface area contributed by atoms with Crippen LogP contribution in [0.25, 0.3) is 0 Å². The standard InChI is InChI=1S/C24H33N5O2S/c1-24(2)9-7-19(8-10-24)5-6-20(18-29-12-14-32(31)15-13-29)4-3-11-26-23(30)22-27-17-21(16-25)28-22/h3-4,6-7,17H,5,8-15,18H2,1-2H3,(H,26,30)(H,27,28)/b4-3-,20-6+. The van der Waals surface area contributed by atoms with Gasteiger partial charge in [-0.15, -0.1) is 0 Å². The maximum atomic E-state index is 12.1. The van der Waals surface area contributed by atoms with Crippen molar-refractivity contribution in [2.24, 2.45) is 5.41 Å². The van der Waals surface area contributed by atoms with Gasteiger partial charge in [0, 0.05) is 48.5 Å². The molecule has 1 aromatic heterocycles. The lowest BCUT2D eigenvalue weighted by Crippen LogP contribution is -2.38. The number of imidazole rings is 1. The van der Waals surface area contributed by atoms with Gasteiger partial charge in [-0.2, -0.15) is 5.26 Å². The average Bonchev–Trinajstić information content (AvgIpc) is 3.26. The summed E-state index contributed by atoms with van der Waals surface area (Å²) in [6.45, 7) is 7.55. The molecule has 1 amide bonds. The van der Waals surface area contributed by atoms with E-state index in [1.807, 2.05) is 12.1 Å². The van der Waals surface area contributed by atoms with E-state index in [-0.39, 0.29) is 17.4 Å². The van der Waals surface area contributed by atoms with E-state index in [1.54, 1.807) is 0 Å². The number of rotatable bonds is 8. The van der Waals surface area contributed by atoms with Crippen molar-refractivity contribution in [2.75, 3.05) is 37.7 Å². The van der Waals surface area contributed by atoms with Crippen LogP contribution in [0.2, 0.25) is 0 Å². The van der Waals surface area contributed by atoms with Crippen molar-refractivity contribution in [3.05, 3.63) is 53.2 Å².